The van der Waals surface area contributed by atoms with Crippen molar-refractivity contribution in [3.8, 4) is 0 Å². The number of carbonyl (C=O) groups is 1. The Morgan fingerprint density at radius 1 is 1.15 bits per heavy atom. The Balaban J connectivity index is 1.69. The second-order valence-corrected chi connectivity index (χ2v) is 7.90. The smallest absolute Gasteiger partial charge is 0.221 e. The number of benzene rings is 2. The quantitative estimate of drug-likeness (QED) is 0.799. The highest BCUT2D eigenvalue weighted by Gasteiger charge is 2.31. The van der Waals surface area contributed by atoms with Crippen LogP contribution in [0.1, 0.15) is 36.3 Å². The molecule has 2 aromatic rings. The lowest BCUT2D eigenvalue weighted by molar-refractivity contribution is -0.123. The van der Waals surface area contributed by atoms with E-state index in [0.29, 0.717) is 30.8 Å². The minimum Gasteiger partial charge on any atom is -0.388 e. The van der Waals surface area contributed by atoms with Gasteiger partial charge in [0, 0.05) is 37.0 Å². The van der Waals surface area contributed by atoms with Crippen LogP contribution in [0, 0.1) is 0 Å². The first-order valence-corrected chi connectivity index (χ1v) is 9.82. The molecular formula is C22H27ClN2O2. The average molecular weight is 387 g/mol. The van der Waals surface area contributed by atoms with E-state index in [-0.39, 0.29) is 11.8 Å². The Morgan fingerprint density at radius 3 is 2.44 bits per heavy atom. The second-order valence-electron chi connectivity index (χ2n) is 7.49. The summed E-state index contributed by atoms with van der Waals surface area (Å²) >= 11 is 6.41. The Bertz CT molecular complexity index is 758. The van der Waals surface area contributed by atoms with Crippen LogP contribution >= 0.6 is 11.6 Å². The van der Waals surface area contributed by atoms with Gasteiger partial charge in [-0.2, -0.15) is 0 Å². The van der Waals surface area contributed by atoms with E-state index in [0.717, 1.165) is 24.2 Å². The van der Waals surface area contributed by atoms with Crippen LogP contribution in [0.5, 0.6) is 0 Å². The Morgan fingerprint density at radius 2 is 1.78 bits per heavy atom. The van der Waals surface area contributed by atoms with Gasteiger partial charge in [0.05, 0.1) is 5.60 Å². The Hall–Kier alpha value is -1.88. The summed E-state index contributed by atoms with van der Waals surface area (Å²) in [4.78, 5) is 14.9. The second kappa shape index (κ2) is 8.87. The van der Waals surface area contributed by atoms with Crippen LogP contribution in [0.4, 0.5) is 0 Å². The van der Waals surface area contributed by atoms with Gasteiger partial charge in [-0.3, -0.25) is 4.79 Å². The van der Waals surface area contributed by atoms with Gasteiger partial charge >= 0.3 is 0 Å². The summed E-state index contributed by atoms with van der Waals surface area (Å²) in [5, 5.41) is 14.3. The number of likely N-dealkylation sites (tertiary alicyclic amines) is 1. The average Bonchev–Trinajstić information content (AvgIpc) is 2.69. The number of amides is 1. The molecule has 1 atom stereocenters. The van der Waals surface area contributed by atoms with Gasteiger partial charge < -0.3 is 15.3 Å². The molecule has 1 saturated heterocycles. The number of piperidine rings is 1. The largest absolute Gasteiger partial charge is 0.388 e. The van der Waals surface area contributed by atoms with Crippen LogP contribution in [-0.4, -0.2) is 48.2 Å². The summed E-state index contributed by atoms with van der Waals surface area (Å²) in [5.74, 6) is -0.192. The molecule has 1 aliphatic heterocycles. The Labute approximate surface area is 166 Å². The highest BCUT2D eigenvalue weighted by Crippen LogP contribution is 2.33. The minimum atomic E-state index is -0.811. The zero-order chi connectivity index (χ0) is 19.3. The number of halogens is 1. The van der Waals surface area contributed by atoms with Crippen molar-refractivity contribution in [3.63, 3.8) is 0 Å². The zero-order valence-electron chi connectivity index (χ0n) is 15.7. The van der Waals surface area contributed by atoms with E-state index >= 15 is 0 Å². The molecular weight excluding hydrogens is 360 g/mol. The van der Waals surface area contributed by atoms with Gasteiger partial charge in [-0.15, -0.1) is 0 Å². The number of aliphatic hydroxyl groups is 1. The number of carbonyl (C=O) groups excluding carboxylic acids is 1. The summed E-state index contributed by atoms with van der Waals surface area (Å²) in [6.07, 6.45) is 1.65. The first-order chi connectivity index (χ1) is 13.0. The lowest BCUT2D eigenvalue weighted by Crippen LogP contribution is -2.50. The molecule has 3 rings (SSSR count). The molecule has 4 nitrogen and oxygen atoms in total. The molecule has 2 N–H and O–H groups in total. The van der Waals surface area contributed by atoms with E-state index in [1.807, 2.05) is 61.6 Å². The lowest BCUT2D eigenvalue weighted by Gasteiger charge is -2.36. The highest BCUT2D eigenvalue weighted by molar-refractivity contribution is 6.31. The fourth-order valence-corrected chi connectivity index (χ4v) is 3.85. The molecule has 5 heteroatoms. The zero-order valence-corrected chi connectivity index (χ0v) is 16.5. The molecule has 0 spiro atoms. The van der Waals surface area contributed by atoms with Crippen molar-refractivity contribution in [2.45, 2.75) is 30.8 Å². The standard InChI is InChI=1S/C22H27ClN2O2/c1-25-13-11-22(27,12-14-25)16-24-21(26)15-19(17-7-3-2-4-8-17)18-9-5-6-10-20(18)23/h2-10,19,27H,11-16H2,1H3,(H,24,26)/t19-/m0/s1. The van der Waals surface area contributed by atoms with Crippen molar-refractivity contribution in [3.05, 3.63) is 70.7 Å². The summed E-state index contributed by atoms with van der Waals surface area (Å²) in [5.41, 5.74) is 1.19. The topological polar surface area (TPSA) is 52.6 Å². The lowest BCUT2D eigenvalue weighted by atomic mass is 9.87. The van der Waals surface area contributed by atoms with E-state index in [9.17, 15) is 9.90 Å². The van der Waals surface area contributed by atoms with Crippen molar-refractivity contribution >= 4 is 17.5 Å². The normalized spacial score (nSPS) is 18.0. The molecule has 0 radical (unpaired) electrons. The van der Waals surface area contributed by atoms with Crippen molar-refractivity contribution in [1.82, 2.24) is 10.2 Å². The maximum absolute atomic E-state index is 12.7. The van der Waals surface area contributed by atoms with E-state index < -0.39 is 5.60 Å². The molecule has 2 aromatic carbocycles. The third-order valence-corrected chi connectivity index (χ3v) is 5.75. The fraction of sp³-hybridized carbons (Fsp3) is 0.409. The number of nitrogens with zero attached hydrogens (tertiary/aromatic N) is 1. The highest BCUT2D eigenvalue weighted by atomic mass is 35.5. The van der Waals surface area contributed by atoms with Crippen LogP contribution in [0.25, 0.3) is 0 Å². The maximum Gasteiger partial charge on any atom is 0.221 e. The third kappa shape index (κ3) is 5.32. The molecule has 0 unspecified atom stereocenters. The molecule has 0 aliphatic carbocycles. The van der Waals surface area contributed by atoms with Crippen LogP contribution in [0.15, 0.2) is 54.6 Å². The van der Waals surface area contributed by atoms with Gasteiger partial charge in [0.1, 0.15) is 0 Å². The summed E-state index contributed by atoms with van der Waals surface area (Å²) in [7, 11) is 2.05. The predicted octanol–water partition coefficient (Wildman–Crippen LogP) is 3.43. The molecule has 1 aliphatic rings. The number of rotatable bonds is 6. The molecule has 27 heavy (non-hydrogen) atoms. The summed E-state index contributed by atoms with van der Waals surface area (Å²) < 4.78 is 0. The molecule has 1 heterocycles. The number of hydrogen-bond donors (Lipinski definition) is 2. The number of hydrogen-bond acceptors (Lipinski definition) is 3. The monoisotopic (exact) mass is 386 g/mol. The molecule has 1 fully saturated rings. The van der Waals surface area contributed by atoms with Gasteiger partial charge in [-0.05, 0) is 37.1 Å². The molecule has 1 amide bonds. The Kier molecular flexibility index (Phi) is 6.53. The molecule has 0 saturated carbocycles. The predicted molar refractivity (Wildman–Crippen MR) is 109 cm³/mol. The maximum atomic E-state index is 12.7. The van der Waals surface area contributed by atoms with Crippen molar-refractivity contribution < 1.29 is 9.90 Å². The van der Waals surface area contributed by atoms with Gasteiger partial charge in [-0.1, -0.05) is 60.1 Å². The first kappa shape index (κ1) is 19.9. The van der Waals surface area contributed by atoms with Gasteiger partial charge in [-0.25, -0.2) is 0 Å². The van der Waals surface area contributed by atoms with E-state index in [2.05, 4.69) is 10.2 Å². The minimum absolute atomic E-state index is 0.0730. The number of nitrogens with one attached hydrogen (secondary N) is 1. The van der Waals surface area contributed by atoms with Crippen molar-refractivity contribution in [2.75, 3.05) is 26.7 Å². The fourth-order valence-electron chi connectivity index (χ4n) is 3.58. The van der Waals surface area contributed by atoms with Gasteiger partial charge in [0.15, 0.2) is 0 Å². The van der Waals surface area contributed by atoms with E-state index in [1.165, 1.54) is 0 Å². The van der Waals surface area contributed by atoms with Crippen LogP contribution in [0.3, 0.4) is 0 Å². The van der Waals surface area contributed by atoms with Crippen LogP contribution in [-0.2, 0) is 4.79 Å². The SMILES string of the molecule is CN1CCC(O)(CNC(=O)C[C@@H](c2ccccc2)c2ccccc2Cl)CC1. The van der Waals surface area contributed by atoms with E-state index in [4.69, 9.17) is 11.6 Å². The molecule has 144 valence electrons. The first-order valence-electron chi connectivity index (χ1n) is 9.44. The van der Waals surface area contributed by atoms with Gasteiger partial charge in [0.2, 0.25) is 5.91 Å². The van der Waals surface area contributed by atoms with Crippen molar-refractivity contribution in [2.24, 2.45) is 0 Å². The molecule has 0 bridgehead atoms. The van der Waals surface area contributed by atoms with Crippen LogP contribution < -0.4 is 5.32 Å². The van der Waals surface area contributed by atoms with E-state index in [1.54, 1.807) is 0 Å². The van der Waals surface area contributed by atoms with Crippen molar-refractivity contribution in [1.29, 1.82) is 0 Å². The molecule has 0 aromatic heterocycles. The summed E-state index contributed by atoms with van der Waals surface area (Å²) in [6.45, 7) is 1.99. The third-order valence-electron chi connectivity index (χ3n) is 5.40. The van der Waals surface area contributed by atoms with Gasteiger partial charge in [0.25, 0.3) is 0 Å². The summed E-state index contributed by atoms with van der Waals surface area (Å²) in [6, 6.07) is 17.6. The van der Waals surface area contributed by atoms with Crippen LogP contribution in [0.2, 0.25) is 5.02 Å².